The van der Waals surface area contributed by atoms with E-state index < -0.39 is 11.7 Å². The van der Waals surface area contributed by atoms with E-state index in [-0.39, 0.29) is 31.2 Å². The molecule has 134 valence electrons. The molecule has 2 rings (SSSR count). The second-order valence-electron chi connectivity index (χ2n) is 5.42. The van der Waals surface area contributed by atoms with E-state index in [9.17, 15) is 18.0 Å². The number of halogens is 3. The highest BCUT2D eigenvalue weighted by Crippen LogP contribution is 2.31. The van der Waals surface area contributed by atoms with Gasteiger partial charge >= 0.3 is 6.18 Å². The number of benzene rings is 2. The number of amides is 1. The lowest BCUT2D eigenvalue weighted by atomic mass is 10.1. The fraction of sp³-hybridized carbons (Fsp3) is 0.278. The number of ether oxygens (including phenoxy) is 1. The lowest BCUT2D eigenvalue weighted by molar-refractivity contribution is -0.137. The molecule has 0 saturated carbocycles. The molecule has 7 heteroatoms. The third-order valence-corrected chi connectivity index (χ3v) is 3.53. The molecule has 2 aromatic carbocycles. The first-order valence-electron chi connectivity index (χ1n) is 7.76. The number of aryl methyl sites for hydroxylation is 1. The minimum Gasteiger partial charge on any atom is -0.492 e. The van der Waals surface area contributed by atoms with Gasteiger partial charge in [0.1, 0.15) is 12.4 Å². The summed E-state index contributed by atoms with van der Waals surface area (Å²) in [5.74, 6) is -0.0583. The molecule has 0 aliphatic heterocycles. The Balaban J connectivity index is 1.71. The summed E-state index contributed by atoms with van der Waals surface area (Å²) in [6.07, 6.45) is -3.61. The van der Waals surface area contributed by atoms with Crippen LogP contribution in [0.2, 0.25) is 0 Å². The van der Waals surface area contributed by atoms with Crippen molar-refractivity contribution in [2.75, 3.05) is 18.9 Å². The number of carbonyl (C=O) groups is 1. The lowest BCUT2D eigenvalue weighted by Crippen LogP contribution is -2.28. The number of hydrogen-bond acceptors (Lipinski definition) is 3. The van der Waals surface area contributed by atoms with Crippen molar-refractivity contribution >= 4 is 11.6 Å². The smallest absolute Gasteiger partial charge is 0.416 e. The normalized spacial score (nSPS) is 11.2. The summed E-state index contributed by atoms with van der Waals surface area (Å²) < 4.78 is 43.0. The van der Waals surface area contributed by atoms with Gasteiger partial charge in [0.15, 0.2) is 0 Å². The maximum atomic E-state index is 12.6. The summed E-state index contributed by atoms with van der Waals surface area (Å²) in [5, 5.41) is 2.66. The van der Waals surface area contributed by atoms with Gasteiger partial charge in [0.2, 0.25) is 5.91 Å². The molecule has 0 bridgehead atoms. The summed E-state index contributed by atoms with van der Waals surface area (Å²) in [7, 11) is 0. The van der Waals surface area contributed by atoms with Crippen molar-refractivity contribution in [3.8, 4) is 5.75 Å². The van der Waals surface area contributed by atoms with Crippen molar-refractivity contribution in [1.82, 2.24) is 5.32 Å². The Morgan fingerprint density at radius 3 is 2.60 bits per heavy atom. The molecular formula is C18H19F3N2O2. The number of alkyl halides is 3. The van der Waals surface area contributed by atoms with Gasteiger partial charge in [-0.15, -0.1) is 0 Å². The van der Waals surface area contributed by atoms with Gasteiger partial charge in [-0.3, -0.25) is 4.79 Å². The third kappa shape index (κ3) is 6.02. The molecule has 2 aromatic rings. The van der Waals surface area contributed by atoms with Gasteiger partial charge in [-0.1, -0.05) is 24.3 Å². The molecule has 25 heavy (non-hydrogen) atoms. The average molecular weight is 352 g/mol. The second-order valence-corrected chi connectivity index (χ2v) is 5.42. The molecule has 0 saturated heterocycles. The predicted octanol–water partition coefficient (Wildman–Crippen LogP) is 3.42. The highest BCUT2D eigenvalue weighted by Gasteiger charge is 2.30. The molecule has 0 aliphatic rings. The van der Waals surface area contributed by atoms with Gasteiger partial charge in [0.05, 0.1) is 12.1 Å². The summed E-state index contributed by atoms with van der Waals surface area (Å²) in [4.78, 5) is 11.8. The SMILES string of the molecule is Nc1ccccc1CCC(=O)NCCOc1cccc(C(F)(F)F)c1. The number of nitrogens with two attached hydrogens (primary N) is 1. The van der Waals surface area contributed by atoms with E-state index in [2.05, 4.69) is 5.32 Å². The predicted molar refractivity (Wildman–Crippen MR) is 89.1 cm³/mol. The zero-order chi connectivity index (χ0) is 18.3. The van der Waals surface area contributed by atoms with Crippen LogP contribution in [0.1, 0.15) is 17.5 Å². The number of nitrogen functional groups attached to an aromatic ring is 1. The van der Waals surface area contributed by atoms with Crippen LogP contribution >= 0.6 is 0 Å². The maximum absolute atomic E-state index is 12.6. The molecular weight excluding hydrogens is 333 g/mol. The molecule has 1 amide bonds. The number of para-hydroxylation sites is 1. The number of carbonyl (C=O) groups excluding carboxylic acids is 1. The van der Waals surface area contributed by atoms with Crippen molar-refractivity contribution in [2.45, 2.75) is 19.0 Å². The van der Waals surface area contributed by atoms with Crippen molar-refractivity contribution in [3.05, 3.63) is 59.7 Å². The van der Waals surface area contributed by atoms with Crippen LogP contribution in [0.25, 0.3) is 0 Å². The van der Waals surface area contributed by atoms with Crippen LogP contribution in [0.4, 0.5) is 18.9 Å². The maximum Gasteiger partial charge on any atom is 0.416 e. The number of nitrogens with one attached hydrogen (secondary N) is 1. The summed E-state index contributed by atoms with van der Waals surface area (Å²) in [6.45, 7) is 0.292. The van der Waals surface area contributed by atoms with E-state index in [0.29, 0.717) is 12.1 Å². The summed E-state index contributed by atoms with van der Waals surface area (Å²) in [6, 6.07) is 11.9. The zero-order valence-electron chi connectivity index (χ0n) is 13.5. The monoisotopic (exact) mass is 352 g/mol. The van der Waals surface area contributed by atoms with E-state index in [1.807, 2.05) is 18.2 Å². The van der Waals surface area contributed by atoms with E-state index in [1.165, 1.54) is 12.1 Å². The third-order valence-electron chi connectivity index (χ3n) is 3.53. The van der Waals surface area contributed by atoms with Crippen LogP contribution in [0.3, 0.4) is 0 Å². The fourth-order valence-electron chi connectivity index (χ4n) is 2.22. The van der Waals surface area contributed by atoms with Crippen molar-refractivity contribution in [3.63, 3.8) is 0 Å². The van der Waals surface area contributed by atoms with Gasteiger partial charge in [-0.2, -0.15) is 13.2 Å². The molecule has 4 nitrogen and oxygen atoms in total. The topological polar surface area (TPSA) is 64.4 Å². The zero-order valence-corrected chi connectivity index (χ0v) is 13.5. The molecule has 0 heterocycles. The Hall–Kier alpha value is -2.70. The van der Waals surface area contributed by atoms with E-state index in [1.54, 1.807) is 6.07 Å². The van der Waals surface area contributed by atoms with Crippen molar-refractivity contribution in [1.29, 1.82) is 0 Å². The van der Waals surface area contributed by atoms with Crippen molar-refractivity contribution in [2.24, 2.45) is 0 Å². The van der Waals surface area contributed by atoms with Crippen LogP contribution in [0.15, 0.2) is 48.5 Å². The van der Waals surface area contributed by atoms with E-state index in [0.717, 1.165) is 17.7 Å². The van der Waals surface area contributed by atoms with E-state index in [4.69, 9.17) is 10.5 Å². The first kappa shape index (κ1) is 18.6. The number of anilines is 1. The Morgan fingerprint density at radius 2 is 1.88 bits per heavy atom. The quantitative estimate of drug-likeness (QED) is 0.593. The highest BCUT2D eigenvalue weighted by atomic mass is 19.4. The molecule has 0 aliphatic carbocycles. The Bertz CT molecular complexity index is 717. The van der Waals surface area contributed by atoms with Crippen LogP contribution in [0.5, 0.6) is 5.75 Å². The largest absolute Gasteiger partial charge is 0.492 e. The summed E-state index contributed by atoms with van der Waals surface area (Å²) in [5.41, 5.74) is 6.58. The molecule has 0 atom stereocenters. The molecule has 0 fully saturated rings. The Morgan fingerprint density at radius 1 is 1.12 bits per heavy atom. The van der Waals surface area contributed by atoms with Gasteiger partial charge < -0.3 is 15.8 Å². The minimum absolute atomic E-state index is 0.0839. The molecule has 0 unspecified atom stereocenters. The molecule has 0 radical (unpaired) electrons. The summed E-state index contributed by atoms with van der Waals surface area (Å²) >= 11 is 0. The van der Waals surface area contributed by atoms with Crippen LogP contribution in [-0.4, -0.2) is 19.1 Å². The molecule has 0 aromatic heterocycles. The fourth-order valence-corrected chi connectivity index (χ4v) is 2.22. The second kappa shape index (κ2) is 8.41. The highest BCUT2D eigenvalue weighted by molar-refractivity contribution is 5.76. The lowest BCUT2D eigenvalue weighted by Gasteiger charge is -2.11. The molecule has 3 N–H and O–H groups in total. The first-order valence-corrected chi connectivity index (χ1v) is 7.76. The van der Waals surface area contributed by atoms with Gasteiger partial charge in [-0.25, -0.2) is 0 Å². The van der Waals surface area contributed by atoms with Crippen LogP contribution in [0, 0.1) is 0 Å². The standard InChI is InChI=1S/C18H19F3N2O2/c19-18(20,21)14-5-3-6-15(12-14)25-11-10-23-17(24)9-8-13-4-1-2-7-16(13)22/h1-7,12H,8-11,22H2,(H,23,24). The number of rotatable bonds is 7. The van der Waals surface area contributed by atoms with Crippen LogP contribution < -0.4 is 15.8 Å². The first-order chi connectivity index (χ1) is 11.9. The minimum atomic E-state index is -4.41. The van der Waals surface area contributed by atoms with Gasteiger partial charge in [-0.05, 0) is 36.2 Å². The van der Waals surface area contributed by atoms with Gasteiger partial charge in [0, 0.05) is 12.1 Å². The molecule has 0 spiro atoms. The Labute approximate surface area is 143 Å². The van der Waals surface area contributed by atoms with Crippen molar-refractivity contribution < 1.29 is 22.7 Å². The van der Waals surface area contributed by atoms with Gasteiger partial charge in [0.25, 0.3) is 0 Å². The number of hydrogen-bond donors (Lipinski definition) is 2. The van der Waals surface area contributed by atoms with E-state index >= 15 is 0 Å². The Kier molecular flexibility index (Phi) is 6.27. The van der Waals surface area contributed by atoms with Crippen LogP contribution in [-0.2, 0) is 17.4 Å². The average Bonchev–Trinajstić information content (AvgIpc) is 2.57.